The number of sulfonamides is 1. The van der Waals surface area contributed by atoms with Crippen LogP contribution >= 0.6 is 0 Å². The number of para-hydroxylation sites is 2. The van der Waals surface area contributed by atoms with Crippen LogP contribution in [0.1, 0.15) is 10.4 Å². The number of hydrogen-bond donors (Lipinski definition) is 2. The summed E-state index contributed by atoms with van der Waals surface area (Å²) in [5.74, 6) is 0.869. The molecule has 1 amide bonds. The SMILES string of the molecule is COc1ccccc1OCCNC(=O)c1cccc(NS(=O)(=O)c2ccccc2)c1. The number of rotatable bonds is 9. The molecule has 0 radical (unpaired) electrons. The highest BCUT2D eigenvalue weighted by atomic mass is 32.2. The Kier molecular flexibility index (Phi) is 6.92. The molecule has 0 fully saturated rings. The number of amides is 1. The summed E-state index contributed by atoms with van der Waals surface area (Å²) >= 11 is 0. The summed E-state index contributed by atoms with van der Waals surface area (Å²) in [5, 5.41) is 2.75. The summed E-state index contributed by atoms with van der Waals surface area (Å²) in [6.07, 6.45) is 0. The summed E-state index contributed by atoms with van der Waals surface area (Å²) in [6, 6.07) is 21.6. The van der Waals surface area contributed by atoms with Gasteiger partial charge in [0.1, 0.15) is 6.61 Å². The van der Waals surface area contributed by atoms with Gasteiger partial charge in [0.05, 0.1) is 18.6 Å². The van der Waals surface area contributed by atoms with Crippen molar-refractivity contribution in [3.8, 4) is 11.5 Å². The summed E-state index contributed by atoms with van der Waals surface area (Å²) in [7, 11) is -2.17. The van der Waals surface area contributed by atoms with E-state index < -0.39 is 10.0 Å². The molecule has 30 heavy (non-hydrogen) atoms. The largest absolute Gasteiger partial charge is 0.493 e. The van der Waals surface area contributed by atoms with Crippen molar-refractivity contribution < 1.29 is 22.7 Å². The Morgan fingerprint density at radius 2 is 1.60 bits per heavy atom. The highest BCUT2D eigenvalue weighted by molar-refractivity contribution is 7.92. The van der Waals surface area contributed by atoms with Gasteiger partial charge >= 0.3 is 0 Å². The third-order valence-corrected chi connectivity index (χ3v) is 5.54. The lowest BCUT2D eigenvalue weighted by Gasteiger charge is -2.12. The molecule has 3 aromatic rings. The Morgan fingerprint density at radius 1 is 0.900 bits per heavy atom. The highest BCUT2D eigenvalue weighted by Gasteiger charge is 2.14. The number of anilines is 1. The smallest absolute Gasteiger partial charge is 0.261 e. The minimum atomic E-state index is -3.73. The van der Waals surface area contributed by atoms with E-state index in [1.165, 1.54) is 18.2 Å². The van der Waals surface area contributed by atoms with Gasteiger partial charge in [-0.2, -0.15) is 0 Å². The minimum Gasteiger partial charge on any atom is -0.493 e. The number of methoxy groups -OCH3 is 1. The Hall–Kier alpha value is -3.52. The maximum absolute atomic E-state index is 12.4. The quantitative estimate of drug-likeness (QED) is 0.512. The zero-order chi connectivity index (χ0) is 21.4. The van der Waals surface area contributed by atoms with E-state index in [-0.39, 0.29) is 24.0 Å². The zero-order valence-electron chi connectivity index (χ0n) is 16.4. The molecule has 0 aromatic heterocycles. The van der Waals surface area contributed by atoms with Gasteiger partial charge in [-0.05, 0) is 42.5 Å². The molecule has 2 N–H and O–H groups in total. The number of nitrogens with one attached hydrogen (secondary N) is 2. The molecular formula is C22H22N2O5S. The van der Waals surface area contributed by atoms with Gasteiger partial charge in [0.2, 0.25) is 0 Å². The van der Waals surface area contributed by atoms with Crippen LogP contribution in [-0.2, 0) is 10.0 Å². The van der Waals surface area contributed by atoms with Crippen molar-refractivity contribution in [3.63, 3.8) is 0 Å². The monoisotopic (exact) mass is 426 g/mol. The van der Waals surface area contributed by atoms with E-state index in [0.29, 0.717) is 22.7 Å². The van der Waals surface area contributed by atoms with Gasteiger partial charge in [0.15, 0.2) is 11.5 Å². The van der Waals surface area contributed by atoms with Crippen LogP contribution in [0.25, 0.3) is 0 Å². The molecule has 0 spiro atoms. The van der Waals surface area contributed by atoms with Crippen molar-refractivity contribution in [2.24, 2.45) is 0 Å². The third-order valence-electron chi connectivity index (χ3n) is 4.14. The van der Waals surface area contributed by atoms with Gasteiger partial charge in [0, 0.05) is 11.3 Å². The highest BCUT2D eigenvalue weighted by Crippen LogP contribution is 2.25. The van der Waals surface area contributed by atoms with Crippen LogP contribution in [0, 0.1) is 0 Å². The van der Waals surface area contributed by atoms with Crippen LogP contribution < -0.4 is 19.5 Å². The van der Waals surface area contributed by atoms with Crippen molar-refractivity contribution in [2.45, 2.75) is 4.90 Å². The standard InChI is InChI=1S/C22H22N2O5S/c1-28-20-12-5-6-13-21(20)29-15-14-23-22(25)17-8-7-9-18(16-17)24-30(26,27)19-10-3-2-4-11-19/h2-13,16,24H,14-15H2,1H3,(H,23,25). The van der Waals surface area contributed by atoms with Crippen molar-refractivity contribution in [1.29, 1.82) is 0 Å². The summed E-state index contributed by atoms with van der Waals surface area (Å²) < 4.78 is 38.2. The molecule has 7 nitrogen and oxygen atoms in total. The molecule has 0 heterocycles. The molecule has 0 atom stereocenters. The topological polar surface area (TPSA) is 93.7 Å². The van der Waals surface area contributed by atoms with E-state index in [1.807, 2.05) is 12.1 Å². The average Bonchev–Trinajstić information content (AvgIpc) is 2.77. The first-order valence-electron chi connectivity index (χ1n) is 9.21. The molecular weight excluding hydrogens is 404 g/mol. The van der Waals surface area contributed by atoms with Gasteiger partial charge in [-0.15, -0.1) is 0 Å². The average molecular weight is 426 g/mol. The van der Waals surface area contributed by atoms with E-state index in [1.54, 1.807) is 55.6 Å². The van der Waals surface area contributed by atoms with E-state index >= 15 is 0 Å². The number of carbonyl (C=O) groups is 1. The second-order valence-corrected chi connectivity index (χ2v) is 7.94. The molecule has 0 bridgehead atoms. The van der Waals surface area contributed by atoms with Gasteiger partial charge in [-0.25, -0.2) is 8.42 Å². The molecule has 0 aliphatic heterocycles. The Bertz CT molecular complexity index is 1100. The molecule has 0 aliphatic carbocycles. The Labute approximate surface area is 175 Å². The molecule has 3 rings (SSSR count). The summed E-state index contributed by atoms with van der Waals surface area (Å²) in [6.45, 7) is 0.531. The first-order valence-corrected chi connectivity index (χ1v) is 10.7. The fraction of sp³-hybridized carbons (Fsp3) is 0.136. The normalized spacial score (nSPS) is 10.8. The van der Waals surface area contributed by atoms with E-state index in [4.69, 9.17) is 9.47 Å². The molecule has 8 heteroatoms. The number of benzene rings is 3. The zero-order valence-corrected chi connectivity index (χ0v) is 17.2. The Morgan fingerprint density at radius 3 is 2.33 bits per heavy atom. The minimum absolute atomic E-state index is 0.147. The molecule has 3 aromatic carbocycles. The second kappa shape index (κ2) is 9.80. The molecule has 156 valence electrons. The number of ether oxygens (including phenoxy) is 2. The molecule has 0 saturated heterocycles. The first kappa shape index (κ1) is 21.2. The lowest BCUT2D eigenvalue weighted by atomic mass is 10.2. The van der Waals surface area contributed by atoms with E-state index in [9.17, 15) is 13.2 Å². The number of carbonyl (C=O) groups excluding carboxylic acids is 1. The predicted octanol–water partition coefficient (Wildman–Crippen LogP) is 3.30. The van der Waals surface area contributed by atoms with Crippen LogP contribution in [0.2, 0.25) is 0 Å². The summed E-state index contributed by atoms with van der Waals surface area (Å²) in [5.41, 5.74) is 0.636. The molecule has 0 aliphatic rings. The number of hydrogen-bond acceptors (Lipinski definition) is 5. The van der Waals surface area contributed by atoms with Crippen LogP contribution in [0.5, 0.6) is 11.5 Å². The molecule has 0 unspecified atom stereocenters. The van der Waals surface area contributed by atoms with Gasteiger partial charge in [-0.3, -0.25) is 9.52 Å². The van der Waals surface area contributed by atoms with Gasteiger partial charge in [-0.1, -0.05) is 36.4 Å². The maximum Gasteiger partial charge on any atom is 0.261 e. The third kappa shape index (κ3) is 5.51. The Balaban J connectivity index is 1.57. The van der Waals surface area contributed by atoms with Crippen molar-refractivity contribution in [2.75, 3.05) is 25.0 Å². The predicted molar refractivity (Wildman–Crippen MR) is 115 cm³/mol. The van der Waals surface area contributed by atoms with Gasteiger partial charge in [0.25, 0.3) is 15.9 Å². The lowest BCUT2D eigenvalue weighted by molar-refractivity contribution is 0.0947. The fourth-order valence-corrected chi connectivity index (χ4v) is 3.77. The van der Waals surface area contributed by atoms with Crippen molar-refractivity contribution >= 4 is 21.6 Å². The van der Waals surface area contributed by atoms with Gasteiger partial charge < -0.3 is 14.8 Å². The van der Waals surface area contributed by atoms with Crippen LogP contribution in [-0.4, -0.2) is 34.6 Å². The second-order valence-electron chi connectivity index (χ2n) is 6.25. The van der Waals surface area contributed by atoms with Crippen molar-refractivity contribution in [1.82, 2.24) is 5.32 Å². The van der Waals surface area contributed by atoms with Crippen LogP contribution in [0.15, 0.2) is 83.8 Å². The maximum atomic E-state index is 12.4. The fourth-order valence-electron chi connectivity index (χ4n) is 2.70. The van der Waals surface area contributed by atoms with Crippen LogP contribution in [0.3, 0.4) is 0 Å². The molecule has 0 saturated carbocycles. The van der Waals surface area contributed by atoms with Crippen LogP contribution in [0.4, 0.5) is 5.69 Å². The first-order chi connectivity index (χ1) is 14.5. The lowest BCUT2D eigenvalue weighted by Crippen LogP contribution is -2.28. The van der Waals surface area contributed by atoms with Crippen molar-refractivity contribution in [3.05, 3.63) is 84.4 Å². The van der Waals surface area contributed by atoms with E-state index in [2.05, 4.69) is 10.0 Å². The van der Waals surface area contributed by atoms with E-state index in [0.717, 1.165) is 0 Å². The summed E-state index contributed by atoms with van der Waals surface area (Å²) in [4.78, 5) is 12.5.